The SMILES string of the molecule is C=CCOc1ccc(C2C(C(=O)c3cc4ccccc4o3)=C(O)C(=O)N2c2nc3ccc(OCC)cc3s2)cc1. The van der Waals surface area contributed by atoms with E-state index in [9.17, 15) is 14.7 Å². The van der Waals surface area contributed by atoms with Gasteiger partial charge in [0, 0.05) is 5.39 Å². The number of fused-ring (bicyclic) bond motifs is 2. The van der Waals surface area contributed by atoms with Gasteiger partial charge in [-0.2, -0.15) is 0 Å². The molecule has 0 radical (unpaired) electrons. The minimum absolute atomic E-state index is 0.0268. The second kappa shape index (κ2) is 10.3. The Morgan fingerprint density at radius 1 is 1.10 bits per heavy atom. The van der Waals surface area contributed by atoms with E-state index < -0.39 is 23.5 Å². The van der Waals surface area contributed by atoms with Gasteiger partial charge in [0.25, 0.3) is 5.91 Å². The molecular formula is C31H24N2O6S. The Morgan fingerprint density at radius 3 is 2.62 bits per heavy atom. The topological polar surface area (TPSA) is 102 Å². The number of anilines is 1. The van der Waals surface area contributed by atoms with Crippen LogP contribution in [-0.4, -0.2) is 35.0 Å². The number of furan rings is 1. The average Bonchev–Trinajstić information content (AvgIpc) is 3.66. The van der Waals surface area contributed by atoms with Crippen molar-refractivity contribution in [2.24, 2.45) is 0 Å². The molecule has 40 heavy (non-hydrogen) atoms. The zero-order valence-corrected chi connectivity index (χ0v) is 22.3. The summed E-state index contributed by atoms with van der Waals surface area (Å²) in [5.74, 6) is -0.634. The highest BCUT2D eigenvalue weighted by Gasteiger charge is 2.46. The van der Waals surface area contributed by atoms with Gasteiger partial charge < -0.3 is 19.0 Å². The Kier molecular flexibility index (Phi) is 6.57. The third-order valence-electron chi connectivity index (χ3n) is 6.53. The molecule has 5 aromatic rings. The molecule has 0 fully saturated rings. The fourth-order valence-corrected chi connectivity index (χ4v) is 5.75. The molecule has 200 valence electrons. The van der Waals surface area contributed by atoms with E-state index in [1.54, 1.807) is 48.5 Å². The molecule has 1 aliphatic rings. The zero-order valence-electron chi connectivity index (χ0n) is 21.5. The molecule has 1 N–H and O–H groups in total. The number of benzene rings is 3. The number of thiazole rings is 1. The van der Waals surface area contributed by atoms with E-state index >= 15 is 0 Å². The van der Waals surface area contributed by atoms with Crippen molar-refractivity contribution in [3.63, 3.8) is 0 Å². The summed E-state index contributed by atoms with van der Waals surface area (Å²) in [7, 11) is 0. The van der Waals surface area contributed by atoms with Crippen molar-refractivity contribution in [3.05, 3.63) is 108 Å². The fraction of sp³-hybridized carbons (Fsp3) is 0.129. The van der Waals surface area contributed by atoms with Crippen molar-refractivity contribution < 1.29 is 28.6 Å². The van der Waals surface area contributed by atoms with Gasteiger partial charge in [-0.15, -0.1) is 0 Å². The van der Waals surface area contributed by atoms with Crippen molar-refractivity contribution in [2.45, 2.75) is 13.0 Å². The first-order valence-electron chi connectivity index (χ1n) is 12.7. The molecule has 0 spiro atoms. The summed E-state index contributed by atoms with van der Waals surface area (Å²) in [6.45, 7) is 6.41. The highest BCUT2D eigenvalue weighted by atomic mass is 32.1. The number of ketones is 1. The fourth-order valence-electron chi connectivity index (χ4n) is 4.73. The van der Waals surface area contributed by atoms with E-state index in [1.807, 2.05) is 37.3 Å². The Bertz CT molecular complexity index is 1770. The second-order valence-electron chi connectivity index (χ2n) is 9.05. The number of Topliss-reactive ketones (excluding diaryl/α,β-unsaturated/α-hetero) is 1. The van der Waals surface area contributed by atoms with Crippen molar-refractivity contribution >= 4 is 49.3 Å². The summed E-state index contributed by atoms with van der Waals surface area (Å²) >= 11 is 1.27. The first-order chi connectivity index (χ1) is 19.5. The van der Waals surface area contributed by atoms with Crippen LogP contribution in [0.15, 0.2) is 101 Å². The maximum Gasteiger partial charge on any atom is 0.296 e. The van der Waals surface area contributed by atoms with Gasteiger partial charge in [-0.3, -0.25) is 14.5 Å². The number of aromatic nitrogens is 1. The van der Waals surface area contributed by atoms with Crippen LogP contribution in [0.3, 0.4) is 0 Å². The Balaban J connectivity index is 1.46. The molecule has 6 rings (SSSR count). The average molecular weight is 553 g/mol. The zero-order chi connectivity index (χ0) is 27.8. The third kappa shape index (κ3) is 4.40. The molecule has 0 aliphatic carbocycles. The molecule has 0 bridgehead atoms. The predicted octanol–water partition coefficient (Wildman–Crippen LogP) is 6.79. The molecular weight excluding hydrogens is 528 g/mol. The molecule has 8 nitrogen and oxygen atoms in total. The predicted molar refractivity (Wildman–Crippen MR) is 153 cm³/mol. The molecule has 1 atom stereocenters. The highest BCUT2D eigenvalue weighted by Crippen LogP contribution is 2.45. The lowest BCUT2D eigenvalue weighted by Crippen LogP contribution is -2.30. The lowest BCUT2D eigenvalue weighted by Gasteiger charge is -2.24. The molecule has 1 aliphatic heterocycles. The van der Waals surface area contributed by atoms with Gasteiger partial charge in [0.2, 0.25) is 5.78 Å². The van der Waals surface area contributed by atoms with Crippen LogP contribution < -0.4 is 14.4 Å². The van der Waals surface area contributed by atoms with E-state index in [0.29, 0.717) is 46.5 Å². The first kappa shape index (κ1) is 25.4. The number of nitrogens with zero attached hydrogens (tertiary/aromatic N) is 2. The number of rotatable bonds is 9. The van der Waals surface area contributed by atoms with Crippen LogP contribution >= 0.6 is 11.3 Å². The largest absolute Gasteiger partial charge is 0.503 e. The quantitative estimate of drug-likeness (QED) is 0.159. The summed E-state index contributed by atoms with van der Waals surface area (Å²) in [6.07, 6.45) is 1.64. The van der Waals surface area contributed by atoms with Crippen LogP contribution in [0.1, 0.15) is 29.1 Å². The summed E-state index contributed by atoms with van der Waals surface area (Å²) in [5.41, 5.74) is 1.71. The van der Waals surface area contributed by atoms with Crippen molar-refractivity contribution in [2.75, 3.05) is 18.1 Å². The number of hydrogen-bond donors (Lipinski definition) is 1. The lowest BCUT2D eigenvalue weighted by atomic mass is 9.95. The van der Waals surface area contributed by atoms with Crippen LogP contribution in [0.4, 0.5) is 5.13 Å². The molecule has 3 aromatic carbocycles. The van der Waals surface area contributed by atoms with Crippen molar-refractivity contribution in [1.29, 1.82) is 0 Å². The molecule has 1 unspecified atom stereocenters. The number of para-hydroxylation sites is 1. The summed E-state index contributed by atoms with van der Waals surface area (Å²) < 4.78 is 17.8. The maximum absolute atomic E-state index is 13.9. The second-order valence-corrected chi connectivity index (χ2v) is 10.1. The Labute approximate surface area is 233 Å². The first-order valence-corrected chi connectivity index (χ1v) is 13.5. The number of ether oxygens (including phenoxy) is 2. The van der Waals surface area contributed by atoms with E-state index in [1.165, 1.54) is 16.2 Å². The van der Waals surface area contributed by atoms with Gasteiger partial charge in [0.15, 0.2) is 16.7 Å². The van der Waals surface area contributed by atoms with Crippen LogP contribution in [0.25, 0.3) is 21.2 Å². The molecule has 9 heteroatoms. The van der Waals surface area contributed by atoms with Gasteiger partial charge >= 0.3 is 0 Å². The number of aliphatic hydroxyl groups excluding tert-OH is 1. The molecule has 2 aromatic heterocycles. The van der Waals surface area contributed by atoms with Gasteiger partial charge in [0.1, 0.15) is 23.7 Å². The molecule has 0 saturated heterocycles. The number of carbonyl (C=O) groups excluding carboxylic acids is 2. The number of carbonyl (C=O) groups is 2. The van der Waals surface area contributed by atoms with Crippen molar-refractivity contribution in [3.8, 4) is 11.5 Å². The van der Waals surface area contributed by atoms with Gasteiger partial charge in [-0.05, 0) is 55.0 Å². The maximum atomic E-state index is 13.9. The Morgan fingerprint density at radius 2 is 1.88 bits per heavy atom. The van der Waals surface area contributed by atoms with E-state index in [2.05, 4.69) is 11.6 Å². The van der Waals surface area contributed by atoms with E-state index in [4.69, 9.17) is 13.9 Å². The Hall–Kier alpha value is -4.89. The number of hydrogen-bond acceptors (Lipinski definition) is 8. The van der Waals surface area contributed by atoms with E-state index in [-0.39, 0.29) is 11.3 Å². The van der Waals surface area contributed by atoms with E-state index in [0.717, 1.165) is 10.1 Å². The van der Waals surface area contributed by atoms with Crippen LogP contribution in [0, 0.1) is 0 Å². The van der Waals surface area contributed by atoms with Gasteiger partial charge in [-0.25, -0.2) is 4.98 Å². The molecule has 0 saturated carbocycles. The van der Waals surface area contributed by atoms with Crippen LogP contribution in [-0.2, 0) is 4.79 Å². The highest BCUT2D eigenvalue weighted by molar-refractivity contribution is 7.22. The monoisotopic (exact) mass is 552 g/mol. The summed E-state index contributed by atoms with van der Waals surface area (Å²) in [5, 5.41) is 12.2. The van der Waals surface area contributed by atoms with Gasteiger partial charge in [-0.1, -0.05) is 54.3 Å². The molecule has 3 heterocycles. The number of amides is 1. The van der Waals surface area contributed by atoms with Crippen LogP contribution in [0.5, 0.6) is 11.5 Å². The van der Waals surface area contributed by atoms with Gasteiger partial charge in [0.05, 0.1) is 28.4 Å². The number of aliphatic hydroxyl groups is 1. The lowest BCUT2D eigenvalue weighted by molar-refractivity contribution is -0.117. The minimum atomic E-state index is -0.950. The third-order valence-corrected chi connectivity index (χ3v) is 7.55. The summed E-state index contributed by atoms with van der Waals surface area (Å²) in [6, 6.07) is 20.4. The van der Waals surface area contributed by atoms with Crippen molar-refractivity contribution in [1.82, 2.24) is 4.98 Å². The normalized spacial score (nSPS) is 15.3. The molecule has 1 amide bonds. The standard InChI is InChI=1S/C31H24N2O6S/c1-3-15-38-20-11-9-18(10-12-20)27-26(28(34)24-16-19-7-5-6-8-23(19)39-24)29(35)30(36)33(27)31-32-22-14-13-21(37-4-2)17-25(22)40-31/h3,5-14,16-17,27,35H,1,4,15H2,2H3. The smallest absolute Gasteiger partial charge is 0.296 e. The minimum Gasteiger partial charge on any atom is -0.503 e. The summed E-state index contributed by atoms with van der Waals surface area (Å²) in [4.78, 5) is 33.5. The van der Waals surface area contributed by atoms with Crippen LogP contribution in [0.2, 0.25) is 0 Å².